The molecule has 5 heteroatoms. The summed E-state index contributed by atoms with van der Waals surface area (Å²) in [6.07, 6.45) is 3.34. The van der Waals surface area contributed by atoms with Crippen LogP contribution in [0, 0.1) is 5.92 Å². The number of fused-ring (bicyclic) bond motifs is 1. The average Bonchev–Trinajstić information content (AvgIpc) is 2.88. The number of carbonyl (C=O) groups excluding carboxylic acids is 1. The van der Waals surface area contributed by atoms with E-state index in [4.69, 9.17) is 4.74 Å². The van der Waals surface area contributed by atoms with Crippen LogP contribution < -0.4 is 5.32 Å². The summed E-state index contributed by atoms with van der Waals surface area (Å²) >= 11 is 0. The lowest BCUT2D eigenvalue weighted by Crippen LogP contribution is -2.20. The zero-order valence-electron chi connectivity index (χ0n) is 12.1. The van der Waals surface area contributed by atoms with Gasteiger partial charge in [-0.2, -0.15) is 5.10 Å². The van der Waals surface area contributed by atoms with Crippen molar-refractivity contribution in [2.75, 3.05) is 5.32 Å². The van der Waals surface area contributed by atoms with E-state index in [2.05, 4.69) is 17.3 Å². The fourth-order valence-electron chi connectivity index (χ4n) is 2.57. The van der Waals surface area contributed by atoms with Crippen LogP contribution in [0.4, 0.5) is 10.5 Å². The minimum absolute atomic E-state index is 0.270. The minimum atomic E-state index is -0.437. The van der Waals surface area contributed by atoms with Gasteiger partial charge in [-0.15, -0.1) is 0 Å². The summed E-state index contributed by atoms with van der Waals surface area (Å²) in [6.45, 7) is 3.40. The number of amides is 1. The third-order valence-corrected chi connectivity index (χ3v) is 3.77. The largest absolute Gasteiger partial charge is 0.444 e. The highest BCUT2D eigenvalue weighted by Gasteiger charge is 2.20. The molecule has 3 rings (SSSR count). The minimum Gasteiger partial charge on any atom is -0.444 e. The number of nitrogens with zero attached hydrogens (tertiary/aromatic N) is 2. The molecule has 2 aromatic rings. The Morgan fingerprint density at radius 3 is 3.05 bits per heavy atom. The van der Waals surface area contributed by atoms with Gasteiger partial charge in [-0.1, -0.05) is 37.3 Å². The summed E-state index contributed by atoms with van der Waals surface area (Å²) in [6, 6.07) is 9.63. The van der Waals surface area contributed by atoms with Crippen molar-refractivity contribution in [3.05, 3.63) is 47.8 Å². The molecule has 21 heavy (non-hydrogen) atoms. The van der Waals surface area contributed by atoms with Gasteiger partial charge in [-0.05, 0) is 24.3 Å². The molecule has 1 aliphatic heterocycles. The molecule has 1 atom stereocenters. The number of carbonyl (C=O) groups is 1. The lowest BCUT2D eigenvalue weighted by atomic mass is 9.98. The van der Waals surface area contributed by atoms with E-state index in [-0.39, 0.29) is 6.61 Å². The van der Waals surface area contributed by atoms with E-state index in [1.165, 1.54) is 0 Å². The van der Waals surface area contributed by atoms with Crippen molar-refractivity contribution < 1.29 is 9.53 Å². The lowest BCUT2D eigenvalue weighted by Gasteiger charge is -2.20. The van der Waals surface area contributed by atoms with Gasteiger partial charge in [0.25, 0.3) is 0 Å². The van der Waals surface area contributed by atoms with E-state index < -0.39 is 6.09 Å². The Balaban J connectivity index is 1.59. The molecular formula is C16H19N3O2. The molecule has 5 nitrogen and oxygen atoms in total. The molecule has 2 heterocycles. The molecule has 0 bridgehead atoms. The molecule has 1 N–H and O–H groups in total. The summed E-state index contributed by atoms with van der Waals surface area (Å²) in [5.41, 5.74) is 2.82. The SMILES string of the molecule is CC1CCn2ncc(NC(=O)OCc3ccccc3)c2C1. The molecule has 0 fully saturated rings. The molecule has 1 amide bonds. The van der Waals surface area contributed by atoms with Gasteiger partial charge in [0.05, 0.1) is 17.6 Å². The molecular weight excluding hydrogens is 266 g/mol. The zero-order chi connectivity index (χ0) is 14.7. The maximum atomic E-state index is 11.9. The second kappa shape index (κ2) is 5.99. The van der Waals surface area contributed by atoms with Crippen molar-refractivity contribution in [1.82, 2.24) is 9.78 Å². The van der Waals surface area contributed by atoms with Gasteiger partial charge >= 0.3 is 6.09 Å². The van der Waals surface area contributed by atoms with Crippen LogP contribution in [0.2, 0.25) is 0 Å². The van der Waals surface area contributed by atoms with Crippen LogP contribution in [-0.4, -0.2) is 15.9 Å². The number of anilines is 1. The van der Waals surface area contributed by atoms with Crippen LogP contribution in [0.5, 0.6) is 0 Å². The van der Waals surface area contributed by atoms with E-state index in [0.29, 0.717) is 5.92 Å². The van der Waals surface area contributed by atoms with Crippen LogP contribution in [0.15, 0.2) is 36.5 Å². The van der Waals surface area contributed by atoms with Crippen LogP contribution in [0.25, 0.3) is 0 Å². The molecule has 1 aliphatic rings. The number of aromatic nitrogens is 2. The Kier molecular flexibility index (Phi) is 3.90. The highest BCUT2D eigenvalue weighted by molar-refractivity contribution is 5.85. The molecule has 0 saturated heterocycles. The molecule has 110 valence electrons. The Bertz CT molecular complexity index is 622. The molecule has 0 aliphatic carbocycles. The first-order valence-corrected chi connectivity index (χ1v) is 7.25. The molecule has 0 saturated carbocycles. The van der Waals surface area contributed by atoms with Crippen molar-refractivity contribution in [3.8, 4) is 0 Å². The van der Waals surface area contributed by atoms with Gasteiger partial charge in [0, 0.05) is 6.54 Å². The average molecular weight is 285 g/mol. The van der Waals surface area contributed by atoms with Crippen LogP contribution in [0.3, 0.4) is 0 Å². The Morgan fingerprint density at radius 2 is 2.24 bits per heavy atom. The number of rotatable bonds is 3. The van der Waals surface area contributed by atoms with Crippen LogP contribution in [-0.2, 0) is 24.3 Å². The molecule has 1 aromatic heterocycles. The lowest BCUT2D eigenvalue weighted by molar-refractivity contribution is 0.155. The van der Waals surface area contributed by atoms with Gasteiger partial charge < -0.3 is 4.74 Å². The predicted molar refractivity (Wildman–Crippen MR) is 80.0 cm³/mol. The first kappa shape index (κ1) is 13.7. The number of ether oxygens (including phenoxy) is 1. The fourth-order valence-corrected chi connectivity index (χ4v) is 2.57. The quantitative estimate of drug-likeness (QED) is 0.942. The van der Waals surface area contributed by atoms with Crippen molar-refractivity contribution >= 4 is 11.8 Å². The second-order valence-corrected chi connectivity index (χ2v) is 5.51. The van der Waals surface area contributed by atoms with Crippen molar-refractivity contribution in [1.29, 1.82) is 0 Å². The van der Waals surface area contributed by atoms with E-state index in [9.17, 15) is 4.79 Å². The number of nitrogens with one attached hydrogen (secondary N) is 1. The van der Waals surface area contributed by atoms with Gasteiger partial charge in [0.1, 0.15) is 6.61 Å². The number of aryl methyl sites for hydroxylation is 1. The highest BCUT2D eigenvalue weighted by atomic mass is 16.5. The standard InChI is InChI=1S/C16H19N3O2/c1-12-7-8-19-15(9-12)14(10-17-19)18-16(20)21-11-13-5-3-2-4-6-13/h2-6,10,12H,7-9,11H2,1H3,(H,18,20). The van der Waals surface area contributed by atoms with Crippen molar-refractivity contribution in [2.24, 2.45) is 5.92 Å². The maximum Gasteiger partial charge on any atom is 0.412 e. The Morgan fingerprint density at radius 1 is 1.43 bits per heavy atom. The van der Waals surface area contributed by atoms with Crippen LogP contribution in [0.1, 0.15) is 24.6 Å². The Hall–Kier alpha value is -2.30. The van der Waals surface area contributed by atoms with Gasteiger partial charge in [-0.3, -0.25) is 10.00 Å². The molecule has 1 aromatic carbocycles. The topological polar surface area (TPSA) is 56.2 Å². The van der Waals surface area contributed by atoms with Crippen LogP contribution >= 0.6 is 0 Å². The molecule has 0 spiro atoms. The van der Waals surface area contributed by atoms with E-state index in [1.54, 1.807) is 6.20 Å². The highest BCUT2D eigenvalue weighted by Crippen LogP contribution is 2.25. The van der Waals surface area contributed by atoms with Gasteiger partial charge in [0.2, 0.25) is 0 Å². The zero-order valence-corrected chi connectivity index (χ0v) is 12.1. The van der Waals surface area contributed by atoms with E-state index in [1.807, 2.05) is 35.0 Å². The Labute approximate surface area is 123 Å². The summed E-state index contributed by atoms with van der Waals surface area (Å²) in [7, 11) is 0. The third-order valence-electron chi connectivity index (χ3n) is 3.77. The van der Waals surface area contributed by atoms with E-state index in [0.717, 1.165) is 36.3 Å². The second-order valence-electron chi connectivity index (χ2n) is 5.51. The predicted octanol–water partition coefficient (Wildman–Crippen LogP) is 3.21. The summed E-state index contributed by atoms with van der Waals surface area (Å²) < 4.78 is 7.20. The van der Waals surface area contributed by atoms with Gasteiger partial charge in [0.15, 0.2) is 0 Å². The van der Waals surface area contributed by atoms with Crippen molar-refractivity contribution in [2.45, 2.75) is 32.9 Å². The summed E-state index contributed by atoms with van der Waals surface area (Å²) in [5, 5.41) is 7.11. The third kappa shape index (κ3) is 3.24. The van der Waals surface area contributed by atoms with E-state index >= 15 is 0 Å². The van der Waals surface area contributed by atoms with Crippen molar-refractivity contribution in [3.63, 3.8) is 0 Å². The maximum absolute atomic E-state index is 11.9. The monoisotopic (exact) mass is 285 g/mol. The number of benzene rings is 1. The fraction of sp³-hybridized carbons (Fsp3) is 0.375. The molecule has 0 radical (unpaired) electrons. The first-order valence-electron chi connectivity index (χ1n) is 7.25. The van der Waals surface area contributed by atoms with Gasteiger partial charge in [-0.25, -0.2) is 4.79 Å². The summed E-state index contributed by atoms with van der Waals surface area (Å²) in [4.78, 5) is 11.9. The number of hydrogen-bond acceptors (Lipinski definition) is 3. The molecule has 1 unspecified atom stereocenters. The smallest absolute Gasteiger partial charge is 0.412 e. The number of hydrogen-bond donors (Lipinski definition) is 1. The normalized spacial score (nSPS) is 17.1. The first-order chi connectivity index (χ1) is 10.2. The summed E-state index contributed by atoms with van der Waals surface area (Å²) in [5.74, 6) is 0.620.